The van der Waals surface area contributed by atoms with Crippen LogP contribution in [0.25, 0.3) is 0 Å². The number of hydrogen-bond acceptors (Lipinski definition) is 3. The van der Waals surface area contributed by atoms with Gasteiger partial charge in [-0.25, -0.2) is 0 Å². The minimum Gasteiger partial charge on any atom is -0.338 e. The van der Waals surface area contributed by atoms with Gasteiger partial charge in [-0.1, -0.05) is 62.4 Å². The van der Waals surface area contributed by atoms with E-state index in [9.17, 15) is 9.59 Å². The maximum atomic E-state index is 13.5. The number of amides is 2. The molecule has 1 spiro atoms. The minimum atomic E-state index is -0.403. The van der Waals surface area contributed by atoms with E-state index in [0.29, 0.717) is 19.0 Å². The second kappa shape index (κ2) is 8.83. The first-order valence-electron chi connectivity index (χ1n) is 11.4. The Morgan fingerprint density at radius 2 is 1.58 bits per heavy atom. The van der Waals surface area contributed by atoms with Crippen molar-refractivity contribution in [2.75, 3.05) is 13.1 Å². The van der Waals surface area contributed by atoms with E-state index in [4.69, 9.17) is 0 Å². The molecule has 0 radical (unpaired) electrons. The molecule has 2 aliphatic heterocycles. The molecule has 2 atom stereocenters. The van der Waals surface area contributed by atoms with E-state index in [0.717, 1.165) is 30.4 Å². The van der Waals surface area contributed by atoms with Crippen molar-refractivity contribution in [3.63, 3.8) is 0 Å². The van der Waals surface area contributed by atoms with E-state index in [1.165, 1.54) is 0 Å². The number of rotatable bonds is 5. The number of carbonyl (C=O) groups is 2. The Bertz CT molecular complexity index is 905. The van der Waals surface area contributed by atoms with Gasteiger partial charge in [0.05, 0.1) is 17.7 Å². The predicted octanol–water partition coefficient (Wildman–Crippen LogP) is 4.23. The second-order valence-electron chi connectivity index (χ2n) is 9.31. The fourth-order valence-corrected chi connectivity index (χ4v) is 5.14. The molecule has 2 aromatic carbocycles. The molecule has 1 N–H and O–H groups in total. The standard InChI is InChI=1S/C26H33N3O2/c1-19(2)18-23-25(31)29(20(3)21-10-6-4-7-11-21)26(27-23)14-16-28(17-15-26)24(30)22-12-8-5-9-13-22/h4-13,19-20,23,27H,14-18H2,1-3H3/t20-,23+/m0/s1. The first-order chi connectivity index (χ1) is 14.9. The summed E-state index contributed by atoms with van der Waals surface area (Å²) < 4.78 is 0. The van der Waals surface area contributed by atoms with E-state index in [1.807, 2.05) is 53.4 Å². The van der Waals surface area contributed by atoms with Crippen LogP contribution in [-0.2, 0) is 4.79 Å². The summed E-state index contributed by atoms with van der Waals surface area (Å²) in [4.78, 5) is 30.5. The van der Waals surface area contributed by atoms with Crippen molar-refractivity contribution in [3.05, 3.63) is 71.8 Å². The summed E-state index contributed by atoms with van der Waals surface area (Å²) in [6, 6.07) is 19.5. The summed E-state index contributed by atoms with van der Waals surface area (Å²) in [6.45, 7) is 7.72. The van der Waals surface area contributed by atoms with Crippen LogP contribution < -0.4 is 5.32 Å². The summed E-state index contributed by atoms with van der Waals surface area (Å²) in [6.07, 6.45) is 2.30. The van der Waals surface area contributed by atoms with E-state index in [2.05, 4.69) is 43.1 Å². The lowest BCUT2D eigenvalue weighted by Crippen LogP contribution is -2.60. The Hall–Kier alpha value is -2.66. The van der Waals surface area contributed by atoms with Crippen LogP contribution in [0, 0.1) is 5.92 Å². The fourth-order valence-electron chi connectivity index (χ4n) is 5.14. The van der Waals surface area contributed by atoms with Crippen LogP contribution in [0.5, 0.6) is 0 Å². The lowest BCUT2D eigenvalue weighted by Gasteiger charge is -2.47. The highest BCUT2D eigenvalue weighted by molar-refractivity contribution is 5.94. The first kappa shape index (κ1) is 21.6. The van der Waals surface area contributed by atoms with E-state index in [1.54, 1.807) is 0 Å². The third-order valence-corrected chi connectivity index (χ3v) is 6.71. The molecule has 2 amide bonds. The number of piperidine rings is 1. The molecule has 2 aliphatic rings. The van der Waals surface area contributed by atoms with Crippen molar-refractivity contribution < 1.29 is 9.59 Å². The van der Waals surface area contributed by atoms with Crippen LogP contribution >= 0.6 is 0 Å². The molecule has 0 saturated carbocycles. The molecule has 31 heavy (non-hydrogen) atoms. The van der Waals surface area contributed by atoms with Gasteiger partial charge in [-0.2, -0.15) is 0 Å². The summed E-state index contributed by atoms with van der Waals surface area (Å²) in [7, 11) is 0. The van der Waals surface area contributed by atoms with Gasteiger partial charge in [0.15, 0.2) is 0 Å². The van der Waals surface area contributed by atoms with Crippen LogP contribution in [0.1, 0.15) is 62.0 Å². The second-order valence-corrected chi connectivity index (χ2v) is 9.31. The molecule has 2 heterocycles. The minimum absolute atomic E-state index is 0.0188. The molecule has 164 valence electrons. The molecule has 4 rings (SSSR count). The average molecular weight is 420 g/mol. The lowest BCUT2D eigenvalue weighted by atomic mass is 9.92. The Balaban J connectivity index is 1.57. The number of likely N-dealkylation sites (tertiary alicyclic amines) is 1. The molecule has 0 aliphatic carbocycles. The van der Waals surface area contributed by atoms with Gasteiger partial charge >= 0.3 is 0 Å². The van der Waals surface area contributed by atoms with Crippen molar-refractivity contribution in [2.24, 2.45) is 5.92 Å². The zero-order chi connectivity index (χ0) is 22.0. The topological polar surface area (TPSA) is 52.7 Å². The summed E-state index contributed by atoms with van der Waals surface area (Å²) in [5.74, 6) is 0.694. The molecule has 2 fully saturated rings. The molecule has 0 unspecified atom stereocenters. The van der Waals surface area contributed by atoms with Gasteiger partial charge in [0, 0.05) is 31.5 Å². The highest BCUT2D eigenvalue weighted by Crippen LogP contribution is 2.40. The quantitative estimate of drug-likeness (QED) is 0.789. The average Bonchev–Trinajstić information content (AvgIpc) is 3.04. The summed E-state index contributed by atoms with van der Waals surface area (Å²) in [5, 5.41) is 3.73. The van der Waals surface area contributed by atoms with E-state index < -0.39 is 5.66 Å². The summed E-state index contributed by atoms with van der Waals surface area (Å²) in [5.41, 5.74) is 1.46. The summed E-state index contributed by atoms with van der Waals surface area (Å²) >= 11 is 0. The van der Waals surface area contributed by atoms with Crippen molar-refractivity contribution in [1.29, 1.82) is 0 Å². The van der Waals surface area contributed by atoms with Crippen molar-refractivity contribution in [2.45, 2.75) is 57.8 Å². The van der Waals surface area contributed by atoms with Gasteiger partial charge in [-0.3, -0.25) is 14.9 Å². The number of benzene rings is 2. The number of nitrogens with one attached hydrogen (secondary N) is 1. The highest BCUT2D eigenvalue weighted by Gasteiger charge is 2.53. The lowest BCUT2D eigenvalue weighted by molar-refractivity contribution is -0.136. The molecule has 0 bridgehead atoms. The van der Waals surface area contributed by atoms with Gasteiger partial charge in [-0.15, -0.1) is 0 Å². The molecule has 5 heteroatoms. The molecule has 2 saturated heterocycles. The Morgan fingerprint density at radius 3 is 2.16 bits per heavy atom. The molecular weight excluding hydrogens is 386 g/mol. The maximum absolute atomic E-state index is 13.5. The fraction of sp³-hybridized carbons (Fsp3) is 0.462. The SMILES string of the molecule is CC(C)C[C@H]1NC2(CCN(C(=O)c3ccccc3)CC2)N([C@@H](C)c2ccccc2)C1=O. The molecular formula is C26H33N3O2. The molecule has 0 aromatic heterocycles. The largest absolute Gasteiger partial charge is 0.338 e. The number of nitrogens with zero attached hydrogens (tertiary/aromatic N) is 2. The third-order valence-electron chi connectivity index (χ3n) is 6.71. The Labute approximate surface area is 185 Å². The number of carbonyl (C=O) groups excluding carboxylic acids is 2. The Kier molecular flexibility index (Phi) is 6.15. The molecule has 5 nitrogen and oxygen atoms in total. The van der Waals surface area contributed by atoms with Gasteiger partial charge < -0.3 is 9.80 Å². The monoisotopic (exact) mass is 419 g/mol. The zero-order valence-corrected chi connectivity index (χ0v) is 18.8. The normalized spacial score (nSPS) is 21.7. The smallest absolute Gasteiger partial charge is 0.253 e. The van der Waals surface area contributed by atoms with E-state index >= 15 is 0 Å². The first-order valence-corrected chi connectivity index (χ1v) is 11.4. The van der Waals surface area contributed by atoms with Crippen LogP contribution in [0.3, 0.4) is 0 Å². The highest BCUT2D eigenvalue weighted by atomic mass is 16.2. The van der Waals surface area contributed by atoms with Crippen molar-refractivity contribution >= 4 is 11.8 Å². The third kappa shape index (κ3) is 4.24. The van der Waals surface area contributed by atoms with Crippen molar-refractivity contribution in [3.8, 4) is 0 Å². The van der Waals surface area contributed by atoms with Crippen LogP contribution in [0.2, 0.25) is 0 Å². The van der Waals surface area contributed by atoms with Crippen molar-refractivity contribution in [1.82, 2.24) is 15.1 Å². The van der Waals surface area contributed by atoms with Crippen LogP contribution in [-0.4, -0.2) is 46.4 Å². The van der Waals surface area contributed by atoms with Crippen LogP contribution in [0.4, 0.5) is 0 Å². The van der Waals surface area contributed by atoms with E-state index in [-0.39, 0.29) is 23.9 Å². The van der Waals surface area contributed by atoms with Gasteiger partial charge in [-0.05, 0) is 37.0 Å². The zero-order valence-electron chi connectivity index (χ0n) is 18.8. The maximum Gasteiger partial charge on any atom is 0.253 e. The Morgan fingerprint density at radius 1 is 1.00 bits per heavy atom. The molecule has 2 aromatic rings. The van der Waals surface area contributed by atoms with Crippen LogP contribution in [0.15, 0.2) is 60.7 Å². The van der Waals surface area contributed by atoms with Gasteiger partial charge in [0.1, 0.15) is 0 Å². The van der Waals surface area contributed by atoms with Gasteiger partial charge in [0.25, 0.3) is 5.91 Å². The predicted molar refractivity (Wildman–Crippen MR) is 122 cm³/mol. The van der Waals surface area contributed by atoms with Gasteiger partial charge in [0.2, 0.25) is 5.91 Å². The number of hydrogen-bond donors (Lipinski definition) is 1.